The van der Waals surface area contributed by atoms with Gasteiger partial charge in [0, 0.05) is 16.7 Å². The van der Waals surface area contributed by atoms with Gasteiger partial charge in [0.25, 0.3) is 15.9 Å². The molecule has 0 fully saturated rings. The van der Waals surface area contributed by atoms with Gasteiger partial charge in [-0.05, 0) is 55.0 Å². The smallest absolute Gasteiger partial charge is 0.350 e. The number of carboxylic acid groups (broad SMARTS) is 1. The molecule has 232 valence electrons. The maximum Gasteiger partial charge on any atom is 0.350 e. The number of methoxy groups -OCH3 is 1. The second kappa shape index (κ2) is 11.6. The summed E-state index contributed by atoms with van der Waals surface area (Å²) in [6.45, 7) is 1.85. The lowest BCUT2D eigenvalue weighted by Gasteiger charge is -2.40. The first-order chi connectivity index (χ1) is 22.0. The minimum atomic E-state index is -3.99. The van der Waals surface area contributed by atoms with Crippen molar-refractivity contribution >= 4 is 27.9 Å². The summed E-state index contributed by atoms with van der Waals surface area (Å²) in [4.78, 5) is 40.1. The van der Waals surface area contributed by atoms with E-state index in [-0.39, 0.29) is 21.9 Å². The van der Waals surface area contributed by atoms with Gasteiger partial charge in [0.15, 0.2) is 0 Å². The average Bonchev–Trinajstić information content (AvgIpc) is 3.57. The Kier molecular flexibility index (Phi) is 7.62. The van der Waals surface area contributed by atoms with Crippen molar-refractivity contribution in [2.45, 2.75) is 23.3 Å². The zero-order valence-corrected chi connectivity index (χ0v) is 25.3. The molecule has 0 radical (unpaired) electrons. The SMILES string of the molecule is COc1ccc(C(=O)NC2(C(=O)O)C(=O)Oc3ccccc3C2c2ccc(-c3cn(S(=O)(=O)c4ccc(C)cc4)nn3)cc2)cc1. The number of esters is 1. The Bertz CT molecular complexity index is 2080. The molecular formula is C33H26N4O8S. The molecule has 1 aliphatic heterocycles. The second-order valence-corrected chi connectivity index (χ2v) is 12.4. The molecule has 13 heteroatoms. The van der Waals surface area contributed by atoms with Gasteiger partial charge in [0.1, 0.15) is 17.2 Å². The van der Waals surface area contributed by atoms with Crippen LogP contribution in [0.3, 0.4) is 0 Å². The van der Waals surface area contributed by atoms with Gasteiger partial charge in [-0.1, -0.05) is 65.4 Å². The molecule has 0 saturated carbocycles. The number of aromatic nitrogens is 3. The van der Waals surface area contributed by atoms with Gasteiger partial charge in [-0.15, -0.1) is 9.19 Å². The molecule has 0 spiro atoms. The number of carboxylic acids is 1. The van der Waals surface area contributed by atoms with E-state index in [1.807, 2.05) is 6.92 Å². The number of benzene rings is 4. The molecule has 0 aliphatic carbocycles. The molecule has 1 aliphatic rings. The first-order valence-corrected chi connectivity index (χ1v) is 15.3. The van der Waals surface area contributed by atoms with Crippen LogP contribution >= 0.6 is 0 Å². The molecule has 1 aromatic heterocycles. The highest BCUT2D eigenvalue weighted by Gasteiger charge is 2.60. The van der Waals surface area contributed by atoms with Crippen LogP contribution in [-0.2, 0) is 19.6 Å². The molecule has 2 atom stereocenters. The summed E-state index contributed by atoms with van der Waals surface area (Å²) in [5, 5.41) is 20.9. The van der Waals surface area contributed by atoms with Gasteiger partial charge in [-0.2, -0.15) is 8.42 Å². The van der Waals surface area contributed by atoms with E-state index in [4.69, 9.17) is 9.47 Å². The molecule has 2 N–H and O–H groups in total. The van der Waals surface area contributed by atoms with Crippen molar-refractivity contribution in [1.29, 1.82) is 0 Å². The summed E-state index contributed by atoms with van der Waals surface area (Å²) >= 11 is 0. The maximum absolute atomic E-state index is 13.6. The van der Waals surface area contributed by atoms with Gasteiger partial charge in [0.05, 0.1) is 24.1 Å². The summed E-state index contributed by atoms with van der Waals surface area (Å²) in [6, 6.07) is 25.1. The molecule has 0 saturated heterocycles. The fraction of sp³-hybridized carbons (Fsp3) is 0.121. The summed E-state index contributed by atoms with van der Waals surface area (Å²) in [5.41, 5.74) is -0.0948. The first kappa shape index (κ1) is 30.2. The van der Waals surface area contributed by atoms with Crippen LogP contribution in [0.2, 0.25) is 0 Å². The molecule has 5 aromatic rings. The number of nitrogens with one attached hydrogen (secondary N) is 1. The van der Waals surface area contributed by atoms with Crippen LogP contribution in [0.5, 0.6) is 11.5 Å². The Morgan fingerprint density at radius 1 is 0.957 bits per heavy atom. The van der Waals surface area contributed by atoms with Crippen LogP contribution in [0.4, 0.5) is 0 Å². The summed E-state index contributed by atoms with van der Waals surface area (Å²) < 4.78 is 37.5. The number of carbonyl (C=O) groups excluding carboxylic acids is 2. The normalized spacial score (nSPS) is 17.4. The van der Waals surface area contributed by atoms with E-state index < -0.39 is 39.3 Å². The van der Waals surface area contributed by atoms with E-state index in [0.29, 0.717) is 22.4 Å². The lowest BCUT2D eigenvalue weighted by Crippen LogP contribution is -2.66. The molecule has 6 rings (SSSR count). The van der Waals surface area contributed by atoms with E-state index in [0.717, 1.165) is 9.65 Å². The van der Waals surface area contributed by atoms with Crippen LogP contribution in [0.15, 0.2) is 108 Å². The highest BCUT2D eigenvalue weighted by atomic mass is 32.2. The van der Waals surface area contributed by atoms with Crippen LogP contribution in [0.1, 0.15) is 33.0 Å². The summed E-state index contributed by atoms with van der Waals surface area (Å²) in [5.74, 6) is -4.17. The molecular weight excluding hydrogens is 612 g/mol. The van der Waals surface area contributed by atoms with Crippen LogP contribution in [0, 0.1) is 6.92 Å². The maximum atomic E-state index is 13.6. The van der Waals surface area contributed by atoms with E-state index in [1.54, 1.807) is 60.7 Å². The van der Waals surface area contributed by atoms with Crippen molar-refractivity contribution in [2.24, 2.45) is 0 Å². The number of aryl methyl sites for hydroxylation is 1. The van der Waals surface area contributed by atoms with Crippen molar-refractivity contribution in [1.82, 2.24) is 19.7 Å². The van der Waals surface area contributed by atoms with Crippen LogP contribution in [0.25, 0.3) is 11.3 Å². The largest absolute Gasteiger partial charge is 0.497 e. The third-order valence-electron chi connectivity index (χ3n) is 7.77. The Morgan fingerprint density at radius 3 is 2.28 bits per heavy atom. The quantitative estimate of drug-likeness (QED) is 0.145. The van der Waals surface area contributed by atoms with E-state index in [9.17, 15) is 27.9 Å². The molecule has 2 unspecified atom stereocenters. The topological polar surface area (TPSA) is 167 Å². The number of hydrogen-bond donors (Lipinski definition) is 2. The Balaban J connectivity index is 1.38. The zero-order chi connectivity index (χ0) is 32.6. The number of ether oxygens (including phenoxy) is 2. The summed E-state index contributed by atoms with van der Waals surface area (Å²) in [7, 11) is -2.52. The van der Waals surface area contributed by atoms with Crippen LogP contribution in [-0.4, -0.2) is 58.4 Å². The van der Waals surface area contributed by atoms with E-state index >= 15 is 0 Å². The molecule has 0 bridgehead atoms. The van der Waals surface area contributed by atoms with Crippen LogP contribution < -0.4 is 14.8 Å². The predicted octanol–water partition coefficient (Wildman–Crippen LogP) is 3.80. The zero-order valence-electron chi connectivity index (χ0n) is 24.4. The van der Waals surface area contributed by atoms with Gasteiger partial charge in [-0.3, -0.25) is 4.79 Å². The van der Waals surface area contributed by atoms with Crippen molar-refractivity contribution in [3.05, 3.63) is 126 Å². The highest BCUT2D eigenvalue weighted by molar-refractivity contribution is 7.89. The van der Waals surface area contributed by atoms with Crippen molar-refractivity contribution in [3.8, 4) is 22.8 Å². The monoisotopic (exact) mass is 638 g/mol. The first-order valence-electron chi connectivity index (χ1n) is 13.9. The van der Waals surface area contributed by atoms with Gasteiger partial charge >= 0.3 is 11.9 Å². The number of aliphatic carboxylic acids is 1. The number of nitrogens with zero attached hydrogens (tertiary/aromatic N) is 3. The minimum absolute atomic E-state index is 0.0504. The Morgan fingerprint density at radius 2 is 1.63 bits per heavy atom. The van der Waals surface area contributed by atoms with E-state index in [1.165, 1.54) is 49.7 Å². The lowest BCUT2D eigenvalue weighted by atomic mass is 9.72. The predicted molar refractivity (Wildman–Crippen MR) is 164 cm³/mol. The molecule has 2 heterocycles. The molecule has 1 amide bonds. The number of carbonyl (C=O) groups is 3. The van der Waals surface area contributed by atoms with Gasteiger partial charge in [0.2, 0.25) is 5.54 Å². The minimum Gasteiger partial charge on any atom is -0.497 e. The third-order valence-corrected chi connectivity index (χ3v) is 9.30. The molecule has 46 heavy (non-hydrogen) atoms. The Hall–Kier alpha value is -5.82. The number of para-hydroxylation sites is 1. The van der Waals surface area contributed by atoms with Crippen molar-refractivity contribution < 1.29 is 37.4 Å². The van der Waals surface area contributed by atoms with E-state index in [2.05, 4.69) is 15.6 Å². The van der Waals surface area contributed by atoms with Crippen molar-refractivity contribution in [2.75, 3.05) is 7.11 Å². The third kappa shape index (κ3) is 5.16. The average molecular weight is 639 g/mol. The van der Waals surface area contributed by atoms with Crippen molar-refractivity contribution in [3.63, 3.8) is 0 Å². The Labute approximate surface area is 263 Å². The number of hydrogen-bond acceptors (Lipinski definition) is 9. The standard InChI is InChI=1S/C33H26N4O8S/c1-20-7-17-25(18-8-20)46(42,43)37-19-27(35-36-37)21-9-11-22(12-10-21)29-26-5-3-4-6-28(26)45-32(41)33(29,31(39)40)34-30(38)23-13-15-24(44-2)16-14-23/h3-19,29H,1-2H3,(H,34,38)(H,39,40). The molecule has 12 nitrogen and oxygen atoms in total. The summed E-state index contributed by atoms with van der Waals surface area (Å²) in [6.07, 6.45) is 1.27. The van der Waals surface area contributed by atoms with Gasteiger partial charge in [-0.25, -0.2) is 9.59 Å². The number of fused-ring (bicyclic) bond motifs is 1. The molecule has 4 aromatic carbocycles. The highest BCUT2D eigenvalue weighted by Crippen LogP contribution is 2.45. The fourth-order valence-corrected chi connectivity index (χ4v) is 6.38. The second-order valence-electron chi connectivity index (χ2n) is 10.6. The lowest BCUT2D eigenvalue weighted by molar-refractivity contribution is -0.159. The number of rotatable bonds is 8. The number of amides is 1. The van der Waals surface area contributed by atoms with Gasteiger partial charge < -0.3 is 19.9 Å². The fourth-order valence-electron chi connectivity index (χ4n) is 5.32.